The molecular formula is C32H34F3N7O4. The van der Waals surface area contributed by atoms with E-state index in [4.69, 9.17) is 19.3 Å². The van der Waals surface area contributed by atoms with Crippen molar-refractivity contribution in [1.82, 2.24) is 24.5 Å². The van der Waals surface area contributed by atoms with Gasteiger partial charge in [-0.25, -0.2) is 14.5 Å². The second-order valence-electron chi connectivity index (χ2n) is 11.9. The van der Waals surface area contributed by atoms with E-state index in [9.17, 15) is 23.5 Å². The molecule has 2 atom stereocenters. The fourth-order valence-electron chi connectivity index (χ4n) is 5.81. The number of aromatic nitrogens is 4. The lowest BCUT2D eigenvalue weighted by Gasteiger charge is -2.41. The number of likely N-dealkylation sites (tertiary alicyclic amines) is 1. The molecule has 0 spiro atoms. The molecule has 1 N–H and O–H groups in total. The predicted octanol–water partition coefficient (Wildman–Crippen LogP) is 4.42. The van der Waals surface area contributed by atoms with E-state index < -0.39 is 18.1 Å². The van der Waals surface area contributed by atoms with E-state index in [0.29, 0.717) is 34.8 Å². The second-order valence-corrected chi connectivity index (χ2v) is 11.9. The third-order valence-electron chi connectivity index (χ3n) is 7.73. The predicted molar refractivity (Wildman–Crippen MR) is 162 cm³/mol. The van der Waals surface area contributed by atoms with Crippen LogP contribution in [0.1, 0.15) is 37.8 Å². The molecule has 2 aliphatic heterocycles. The fraction of sp³-hybridized carbons (Fsp3) is 0.406. The van der Waals surface area contributed by atoms with Crippen LogP contribution in [-0.4, -0.2) is 86.5 Å². The maximum Gasteiger partial charge on any atom is 0.446 e. The Balaban J connectivity index is 0.000000635. The fourth-order valence-corrected chi connectivity index (χ4v) is 5.81. The molecule has 2 fully saturated rings. The van der Waals surface area contributed by atoms with Crippen LogP contribution in [0.3, 0.4) is 0 Å². The van der Waals surface area contributed by atoms with E-state index in [2.05, 4.69) is 44.2 Å². The number of piperazine rings is 1. The molecule has 11 nitrogen and oxygen atoms in total. The van der Waals surface area contributed by atoms with Gasteiger partial charge in [0, 0.05) is 61.3 Å². The molecule has 2 unspecified atom stereocenters. The zero-order valence-electron chi connectivity index (χ0n) is 25.6. The maximum absolute atomic E-state index is 10.4. The van der Waals surface area contributed by atoms with Crippen molar-refractivity contribution in [3.05, 3.63) is 66.2 Å². The van der Waals surface area contributed by atoms with Gasteiger partial charge in [0.25, 0.3) is 0 Å². The number of carbonyl (C=O) groups excluding carboxylic acids is 1. The summed E-state index contributed by atoms with van der Waals surface area (Å²) in [5, 5.41) is 24.2. The summed E-state index contributed by atoms with van der Waals surface area (Å²) < 4.78 is 44.0. The van der Waals surface area contributed by atoms with Gasteiger partial charge in [0.1, 0.15) is 24.2 Å². The minimum Gasteiger partial charge on any atom is -0.489 e. The molecule has 0 aromatic carbocycles. The highest BCUT2D eigenvalue weighted by atomic mass is 19.4. The lowest BCUT2D eigenvalue weighted by Crippen LogP contribution is -2.53. The Hall–Kier alpha value is -4.74. The van der Waals surface area contributed by atoms with Crippen molar-refractivity contribution < 1.29 is 32.5 Å². The molecule has 4 aromatic heterocycles. The third-order valence-corrected chi connectivity index (χ3v) is 7.73. The largest absolute Gasteiger partial charge is 0.489 e. The van der Waals surface area contributed by atoms with E-state index in [-0.39, 0.29) is 6.61 Å². The van der Waals surface area contributed by atoms with Crippen LogP contribution in [0.15, 0.2) is 55.1 Å². The monoisotopic (exact) mass is 637 g/mol. The van der Waals surface area contributed by atoms with Crippen LogP contribution in [0.4, 0.5) is 19.0 Å². The molecule has 2 aliphatic rings. The minimum atomic E-state index is -4.64. The highest BCUT2D eigenvalue weighted by Crippen LogP contribution is 2.36. The molecule has 0 saturated carbocycles. The number of fused-ring (bicyclic) bond motifs is 3. The van der Waals surface area contributed by atoms with Crippen molar-refractivity contribution in [3.8, 4) is 28.8 Å². The first-order valence-electron chi connectivity index (χ1n) is 14.6. The number of pyridine rings is 3. The first kappa shape index (κ1) is 32.6. The molecular weight excluding hydrogens is 603 g/mol. The summed E-state index contributed by atoms with van der Waals surface area (Å²) in [5.41, 5.74) is 3.08. The van der Waals surface area contributed by atoms with Crippen LogP contribution in [0.5, 0.6) is 11.6 Å². The SMILES string of the molecule is COc1ccc(CN2CC3CCC(C2)N3c2ccc(-c3cc(OCC(C)(C)O)cn4ncc(C#N)c34)cn2)cn1.O=CC(F)(F)F. The number of anilines is 1. The number of aldehydes is 1. The van der Waals surface area contributed by atoms with Crippen molar-refractivity contribution in [2.75, 3.05) is 31.7 Å². The second kappa shape index (κ2) is 13.3. The molecule has 2 bridgehead atoms. The number of methoxy groups -OCH3 is 1. The third kappa shape index (κ3) is 7.72. The molecule has 4 aromatic rings. The quantitative estimate of drug-likeness (QED) is 0.277. The Morgan fingerprint density at radius 3 is 2.35 bits per heavy atom. The molecule has 0 radical (unpaired) electrons. The summed E-state index contributed by atoms with van der Waals surface area (Å²) in [6, 6.07) is 13.1. The van der Waals surface area contributed by atoms with Gasteiger partial charge in [-0.3, -0.25) is 9.69 Å². The van der Waals surface area contributed by atoms with Crippen LogP contribution in [-0.2, 0) is 11.3 Å². The number of hydrogen-bond acceptors (Lipinski definition) is 10. The molecule has 46 heavy (non-hydrogen) atoms. The summed E-state index contributed by atoms with van der Waals surface area (Å²) in [6.45, 7) is 6.35. The summed E-state index contributed by atoms with van der Waals surface area (Å²) >= 11 is 0. The molecule has 2 saturated heterocycles. The molecule has 242 valence electrons. The van der Waals surface area contributed by atoms with Gasteiger partial charge in [-0.1, -0.05) is 6.07 Å². The lowest BCUT2D eigenvalue weighted by atomic mass is 10.0. The van der Waals surface area contributed by atoms with Gasteiger partial charge in [-0.2, -0.15) is 23.5 Å². The summed E-state index contributed by atoms with van der Waals surface area (Å²) in [5.74, 6) is 2.17. The lowest BCUT2D eigenvalue weighted by molar-refractivity contribution is -0.156. The smallest absolute Gasteiger partial charge is 0.446 e. The van der Waals surface area contributed by atoms with Crippen molar-refractivity contribution in [2.45, 2.75) is 57.1 Å². The average molecular weight is 638 g/mol. The number of nitrogens with zero attached hydrogens (tertiary/aromatic N) is 7. The van der Waals surface area contributed by atoms with E-state index in [1.165, 1.54) is 5.56 Å². The van der Waals surface area contributed by atoms with Crippen LogP contribution in [0, 0.1) is 11.3 Å². The molecule has 0 aliphatic carbocycles. The van der Waals surface area contributed by atoms with Crippen molar-refractivity contribution in [2.24, 2.45) is 0 Å². The van der Waals surface area contributed by atoms with E-state index in [1.807, 2.05) is 24.5 Å². The Kier molecular flexibility index (Phi) is 9.45. The van der Waals surface area contributed by atoms with Crippen molar-refractivity contribution in [3.63, 3.8) is 0 Å². The Labute approximate surface area is 263 Å². The topological polar surface area (TPSA) is 129 Å². The van der Waals surface area contributed by atoms with E-state index >= 15 is 0 Å². The number of rotatable bonds is 8. The zero-order chi connectivity index (χ0) is 33.1. The standard InChI is InChI=1S/C30H33N7O3.C2HF3O/c1-30(2,38)19-40-25-10-26(29-22(11-31)14-34-36(29)18-25)21-5-8-27(32-13-21)37-23-6-7-24(37)17-35(16-23)15-20-4-9-28(39-3)33-12-20;3-2(4,5)1-6/h4-5,8-10,12-14,18,23-24,38H,6-7,15-17,19H2,1-3H3;1H. The normalized spacial score (nSPS) is 18.1. The summed E-state index contributed by atoms with van der Waals surface area (Å²) in [7, 11) is 1.63. The molecule has 14 heteroatoms. The Morgan fingerprint density at radius 1 is 1.09 bits per heavy atom. The zero-order valence-corrected chi connectivity index (χ0v) is 25.6. The summed E-state index contributed by atoms with van der Waals surface area (Å²) in [4.78, 5) is 22.9. The molecule has 0 amide bonds. The first-order valence-corrected chi connectivity index (χ1v) is 14.6. The minimum absolute atomic E-state index is 0.130. The Bertz CT molecular complexity index is 1680. The van der Waals surface area contributed by atoms with Gasteiger partial charge in [0.2, 0.25) is 12.2 Å². The molecule has 6 rings (SSSR count). The number of hydrogen-bond donors (Lipinski definition) is 1. The van der Waals surface area contributed by atoms with Crippen molar-refractivity contribution in [1.29, 1.82) is 5.26 Å². The van der Waals surface area contributed by atoms with Gasteiger partial charge < -0.3 is 19.5 Å². The molecule has 6 heterocycles. The number of alkyl halides is 3. The summed E-state index contributed by atoms with van der Waals surface area (Å²) in [6.07, 6.45) is 3.64. The highest BCUT2D eigenvalue weighted by Gasteiger charge is 2.40. The number of aliphatic hydroxyl groups is 1. The van der Waals surface area contributed by atoms with Gasteiger partial charge in [-0.15, -0.1) is 0 Å². The van der Waals surface area contributed by atoms with Crippen LogP contribution in [0.25, 0.3) is 16.6 Å². The van der Waals surface area contributed by atoms with E-state index in [0.717, 1.165) is 49.4 Å². The van der Waals surface area contributed by atoms with Crippen molar-refractivity contribution >= 4 is 17.6 Å². The Morgan fingerprint density at radius 2 is 1.80 bits per heavy atom. The number of carbonyl (C=O) groups is 1. The van der Waals surface area contributed by atoms with E-state index in [1.54, 1.807) is 37.9 Å². The van der Waals surface area contributed by atoms with Gasteiger partial charge in [0.15, 0.2) is 0 Å². The van der Waals surface area contributed by atoms with Gasteiger partial charge >= 0.3 is 6.18 Å². The number of halogens is 3. The van der Waals surface area contributed by atoms with Gasteiger partial charge in [0.05, 0.1) is 36.2 Å². The van der Waals surface area contributed by atoms with Crippen LogP contribution >= 0.6 is 0 Å². The van der Waals surface area contributed by atoms with Crippen LogP contribution < -0.4 is 14.4 Å². The highest BCUT2D eigenvalue weighted by molar-refractivity contribution is 5.85. The maximum atomic E-state index is 10.4. The number of ether oxygens (including phenoxy) is 2. The first-order chi connectivity index (χ1) is 21.9. The van der Waals surface area contributed by atoms with Crippen LogP contribution in [0.2, 0.25) is 0 Å². The van der Waals surface area contributed by atoms with Gasteiger partial charge in [-0.05, 0) is 50.5 Å². The number of nitriles is 1. The average Bonchev–Trinajstić information content (AvgIpc) is 3.57.